The molecule has 0 amide bonds. The van der Waals surface area contributed by atoms with Gasteiger partial charge in [-0.25, -0.2) is 4.39 Å². The van der Waals surface area contributed by atoms with E-state index in [9.17, 15) is 9.18 Å². The topological polar surface area (TPSA) is 17.1 Å². The summed E-state index contributed by atoms with van der Waals surface area (Å²) in [5.41, 5.74) is 1.64. The summed E-state index contributed by atoms with van der Waals surface area (Å²) in [5, 5.41) is 0. The molecule has 0 N–H and O–H groups in total. The summed E-state index contributed by atoms with van der Waals surface area (Å²) in [6.07, 6.45) is 2.12. The van der Waals surface area contributed by atoms with Gasteiger partial charge < -0.3 is 0 Å². The number of hydrogen-bond donors (Lipinski definition) is 0. The fourth-order valence-electron chi connectivity index (χ4n) is 1.96. The first-order valence-corrected chi connectivity index (χ1v) is 4.94. The molecule has 74 valence electrons. The fourth-order valence-corrected chi connectivity index (χ4v) is 1.96. The maximum atomic E-state index is 13.2. The number of aryl methyl sites for hydroxylation is 1. The minimum absolute atomic E-state index is 0.165. The number of rotatable bonds is 1. The molecular weight excluding hydrogens is 179 g/mol. The summed E-state index contributed by atoms with van der Waals surface area (Å²) in [5.74, 6) is 0.385. The molecule has 1 nitrogen and oxygen atoms in total. The van der Waals surface area contributed by atoms with Crippen LogP contribution in [-0.2, 0) is 4.79 Å². The lowest BCUT2D eigenvalue weighted by atomic mass is 9.96. The molecule has 0 unspecified atom stereocenters. The standard InChI is InChI=1S/C12H13FO/c1-8-2-3-10(7-12(8)13)9-4-5-11(14)6-9/h2-3,7,9H,4-6H2,1H3/t9-/m1/s1. The van der Waals surface area contributed by atoms with Gasteiger partial charge in [-0.15, -0.1) is 0 Å². The number of carbonyl (C=O) groups excluding carboxylic acids is 1. The zero-order chi connectivity index (χ0) is 10.1. The van der Waals surface area contributed by atoms with Crippen LogP contribution in [0.25, 0.3) is 0 Å². The second-order valence-corrected chi connectivity index (χ2v) is 3.99. The van der Waals surface area contributed by atoms with Crippen LogP contribution >= 0.6 is 0 Å². The Kier molecular flexibility index (Phi) is 2.36. The first-order valence-electron chi connectivity index (χ1n) is 4.94. The van der Waals surface area contributed by atoms with Gasteiger partial charge in [-0.3, -0.25) is 4.79 Å². The monoisotopic (exact) mass is 192 g/mol. The van der Waals surface area contributed by atoms with Gasteiger partial charge in [-0.05, 0) is 36.5 Å². The van der Waals surface area contributed by atoms with E-state index in [4.69, 9.17) is 0 Å². The van der Waals surface area contributed by atoms with Gasteiger partial charge in [0.25, 0.3) is 0 Å². The molecule has 0 aromatic heterocycles. The molecule has 1 aromatic rings. The smallest absolute Gasteiger partial charge is 0.133 e. The van der Waals surface area contributed by atoms with Crippen molar-refractivity contribution in [1.82, 2.24) is 0 Å². The molecule has 14 heavy (non-hydrogen) atoms. The Hall–Kier alpha value is -1.18. The zero-order valence-electron chi connectivity index (χ0n) is 8.22. The van der Waals surface area contributed by atoms with Gasteiger partial charge in [0.1, 0.15) is 11.6 Å². The van der Waals surface area contributed by atoms with Crippen molar-refractivity contribution in [1.29, 1.82) is 0 Å². The van der Waals surface area contributed by atoms with E-state index in [-0.39, 0.29) is 11.7 Å². The Bertz CT molecular complexity index is 371. The van der Waals surface area contributed by atoms with Gasteiger partial charge in [-0.1, -0.05) is 12.1 Å². The molecule has 0 spiro atoms. The van der Waals surface area contributed by atoms with Crippen molar-refractivity contribution in [2.24, 2.45) is 0 Å². The number of halogens is 1. The van der Waals surface area contributed by atoms with Crippen molar-refractivity contribution < 1.29 is 9.18 Å². The number of hydrogen-bond acceptors (Lipinski definition) is 1. The summed E-state index contributed by atoms with van der Waals surface area (Å²) in [7, 11) is 0. The van der Waals surface area contributed by atoms with Crippen molar-refractivity contribution in [3.63, 3.8) is 0 Å². The van der Waals surface area contributed by atoms with Crippen LogP contribution in [0, 0.1) is 12.7 Å². The molecule has 1 aliphatic rings. The lowest BCUT2D eigenvalue weighted by Gasteiger charge is -2.09. The highest BCUT2D eigenvalue weighted by atomic mass is 19.1. The molecule has 2 heteroatoms. The Morgan fingerprint density at radius 1 is 1.43 bits per heavy atom. The van der Waals surface area contributed by atoms with Crippen LogP contribution < -0.4 is 0 Å². The molecule has 0 aliphatic heterocycles. The maximum Gasteiger partial charge on any atom is 0.133 e. The van der Waals surface area contributed by atoms with Crippen molar-refractivity contribution in [2.45, 2.75) is 32.1 Å². The van der Waals surface area contributed by atoms with E-state index in [1.807, 2.05) is 6.07 Å². The summed E-state index contributed by atoms with van der Waals surface area (Å²) < 4.78 is 13.2. The van der Waals surface area contributed by atoms with Crippen LogP contribution in [0.2, 0.25) is 0 Å². The molecule has 0 saturated heterocycles. The van der Waals surface area contributed by atoms with Crippen LogP contribution in [0.15, 0.2) is 18.2 Å². The van der Waals surface area contributed by atoms with E-state index in [2.05, 4.69) is 0 Å². The third kappa shape index (κ3) is 1.69. The van der Waals surface area contributed by atoms with E-state index in [0.717, 1.165) is 12.0 Å². The number of carbonyl (C=O) groups is 1. The average Bonchev–Trinajstić information content (AvgIpc) is 2.57. The van der Waals surface area contributed by atoms with Gasteiger partial charge >= 0.3 is 0 Å². The molecule has 1 aliphatic carbocycles. The molecule has 2 rings (SSSR count). The number of ketones is 1. The molecule has 1 aromatic carbocycles. The molecule has 0 heterocycles. The summed E-state index contributed by atoms with van der Waals surface area (Å²) in [4.78, 5) is 11.1. The molecule has 1 atom stereocenters. The van der Waals surface area contributed by atoms with Crippen LogP contribution in [0.3, 0.4) is 0 Å². The summed E-state index contributed by atoms with van der Waals surface area (Å²) in [6, 6.07) is 5.29. The van der Waals surface area contributed by atoms with Gasteiger partial charge in [0.05, 0.1) is 0 Å². The predicted molar refractivity (Wildman–Crippen MR) is 52.7 cm³/mol. The van der Waals surface area contributed by atoms with Gasteiger partial charge in [0.15, 0.2) is 0 Å². The van der Waals surface area contributed by atoms with Gasteiger partial charge in [0, 0.05) is 12.8 Å². The lowest BCUT2D eigenvalue weighted by molar-refractivity contribution is -0.117. The SMILES string of the molecule is Cc1ccc([C@@H]2CCC(=O)C2)cc1F. The van der Waals surface area contributed by atoms with Crippen molar-refractivity contribution >= 4 is 5.78 Å². The lowest BCUT2D eigenvalue weighted by Crippen LogP contribution is -1.96. The Balaban J connectivity index is 2.24. The van der Waals surface area contributed by atoms with E-state index >= 15 is 0 Å². The summed E-state index contributed by atoms with van der Waals surface area (Å²) in [6.45, 7) is 1.75. The minimum atomic E-state index is -0.165. The van der Waals surface area contributed by atoms with E-state index in [1.165, 1.54) is 0 Å². The van der Waals surface area contributed by atoms with E-state index in [1.54, 1.807) is 19.1 Å². The van der Waals surface area contributed by atoms with Crippen LogP contribution in [0.1, 0.15) is 36.3 Å². The average molecular weight is 192 g/mol. The first-order chi connectivity index (χ1) is 6.66. The number of Topliss-reactive ketones (excluding diaryl/α,β-unsaturated/α-hetero) is 1. The second kappa shape index (κ2) is 3.52. The van der Waals surface area contributed by atoms with Crippen molar-refractivity contribution in [3.05, 3.63) is 35.1 Å². The van der Waals surface area contributed by atoms with Crippen LogP contribution in [-0.4, -0.2) is 5.78 Å². The van der Waals surface area contributed by atoms with Crippen molar-refractivity contribution in [3.8, 4) is 0 Å². The predicted octanol–water partition coefficient (Wildman–Crippen LogP) is 2.97. The highest BCUT2D eigenvalue weighted by Gasteiger charge is 2.23. The van der Waals surface area contributed by atoms with E-state index < -0.39 is 0 Å². The third-order valence-electron chi connectivity index (χ3n) is 2.91. The quantitative estimate of drug-likeness (QED) is 0.668. The summed E-state index contributed by atoms with van der Waals surface area (Å²) >= 11 is 0. The maximum absolute atomic E-state index is 13.2. The second-order valence-electron chi connectivity index (χ2n) is 3.99. The van der Waals surface area contributed by atoms with Crippen LogP contribution in [0.5, 0.6) is 0 Å². The van der Waals surface area contributed by atoms with Gasteiger partial charge in [-0.2, -0.15) is 0 Å². The van der Waals surface area contributed by atoms with Crippen LogP contribution in [0.4, 0.5) is 4.39 Å². The molecule has 0 radical (unpaired) electrons. The first kappa shape index (κ1) is 9.38. The Morgan fingerprint density at radius 2 is 2.21 bits per heavy atom. The Morgan fingerprint density at radius 3 is 2.79 bits per heavy atom. The highest BCUT2D eigenvalue weighted by molar-refractivity contribution is 5.81. The third-order valence-corrected chi connectivity index (χ3v) is 2.91. The molecule has 1 saturated carbocycles. The zero-order valence-corrected chi connectivity index (χ0v) is 8.22. The fraction of sp³-hybridized carbons (Fsp3) is 0.417. The Labute approximate surface area is 82.9 Å². The highest BCUT2D eigenvalue weighted by Crippen LogP contribution is 2.32. The minimum Gasteiger partial charge on any atom is -0.300 e. The van der Waals surface area contributed by atoms with Gasteiger partial charge in [0.2, 0.25) is 0 Å². The van der Waals surface area contributed by atoms with Crippen molar-refractivity contribution in [2.75, 3.05) is 0 Å². The number of benzene rings is 1. The molecule has 0 bridgehead atoms. The molecular formula is C12H13FO. The normalized spacial score (nSPS) is 21.6. The molecule has 1 fully saturated rings. The van der Waals surface area contributed by atoms with E-state index in [0.29, 0.717) is 24.2 Å². The largest absolute Gasteiger partial charge is 0.300 e.